The van der Waals surface area contributed by atoms with Crippen LogP contribution in [0.15, 0.2) is 63.6 Å². The molecule has 8 nitrogen and oxygen atoms in total. The van der Waals surface area contributed by atoms with Crippen LogP contribution >= 0.6 is 11.3 Å². The van der Waals surface area contributed by atoms with Gasteiger partial charge in [0, 0.05) is 17.0 Å². The number of rotatable bonds is 7. The number of nitrogens with zero attached hydrogens (tertiary/aromatic N) is 4. The average molecular weight is 438 g/mol. The maximum atomic E-state index is 13.1. The summed E-state index contributed by atoms with van der Waals surface area (Å²) in [5.74, 6) is 0.748. The molecule has 31 heavy (non-hydrogen) atoms. The number of likely N-dealkylation sites (N-methyl/N-ethyl adjacent to an activating group) is 1. The quantitative estimate of drug-likeness (QED) is 0.612. The highest BCUT2D eigenvalue weighted by Crippen LogP contribution is 2.35. The van der Waals surface area contributed by atoms with Crippen LogP contribution in [-0.2, 0) is 9.59 Å². The Bertz CT molecular complexity index is 1080. The summed E-state index contributed by atoms with van der Waals surface area (Å²) in [6.07, 6.45) is 2.18. The van der Waals surface area contributed by atoms with Crippen LogP contribution in [0.4, 0.5) is 5.82 Å². The summed E-state index contributed by atoms with van der Waals surface area (Å²) in [7, 11) is 1.73. The Kier molecular flexibility index (Phi) is 6.24. The van der Waals surface area contributed by atoms with Crippen LogP contribution in [0.1, 0.15) is 28.8 Å². The summed E-state index contributed by atoms with van der Waals surface area (Å²) < 4.78 is 5.48. The lowest BCUT2D eigenvalue weighted by molar-refractivity contribution is -0.134. The first-order valence-electron chi connectivity index (χ1n) is 9.88. The first kappa shape index (κ1) is 21.0. The predicted octanol–water partition coefficient (Wildman–Crippen LogP) is 3.29. The third kappa shape index (κ3) is 5.07. The van der Waals surface area contributed by atoms with Gasteiger partial charge >= 0.3 is 0 Å². The highest BCUT2D eigenvalue weighted by molar-refractivity contribution is 7.10. The van der Waals surface area contributed by atoms with E-state index in [4.69, 9.17) is 4.42 Å². The molecule has 0 saturated heterocycles. The summed E-state index contributed by atoms with van der Waals surface area (Å²) in [4.78, 5) is 32.4. The zero-order valence-corrected chi connectivity index (χ0v) is 18.1. The molecule has 0 radical (unpaired) electrons. The monoisotopic (exact) mass is 437 g/mol. The molecule has 4 heterocycles. The Morgan fingerprint density at radius 3 is 2.81 bits per heavy atom. The van der Waals surface area contributed by atoms with Gasteiger partial charge < -0.3 is 9.73 Å². The lowest BCUT2D eigenvalue weighted by Crippen LogP contribution is -2.39. The van der Waals surface area contributed by atoms with Crippen LogP contribution in [0.2, 0.25) is 0 Å². The van der Waals surface area contributed by atoms with Crippen molar-refractivity contribution in [2.75, 3.05) is 25.5 Å². The Labute approximate surface area is 184 Å². The number of nitrogens with one attached hydrogen (secondary N) is 1. The molecule has 4 rings (SSSR count). The van der Waals surface area contributed by atoms with Crippen molar-refractivity contribution in [3.8, 4) is 0 Å². The summed E-state index contributed by atoms with van der Waals surface area (Å²) in [6, 6.07) is 12.9. The number of anilines is 1. The van der Waals surface area contributed by atoms with Crippen LogP contribution in [0, 0.1) is 6.92 Å². The third-order valence-corrected chi connectivity index (χ3v) is 5.79. The molecule has 9 heteroatoms. The van der Waals surface area contributed by atoms with Gasteiger partial charge in [-0.1, -0.05) is 12.1 Å². The molecule has 0 aliphatic carbocycles. The molecule has 0 aromatic carbocycles. The number of thiophene rings is 1. The molecule has 0 bridgehead atoms. The van der Waals surface area contributed by atoms with Gasteiger partial charge in [0.25, 0.3) is 5.91 Å². The minimum atomic E-state index is -0.232. The number of carbonyl (C=O) groups excluding carboxylic acids is 2. The number of pyridine rings is 1. The minimum Gasteiger partial charge on any atom is -0.463 e. The molecule has 1 unspecified atom stereocenters. The molecule has 1 aliphatic heterocycles. The topological polar surface area (TPSA) is 91.0 Å². The standard InChI is InChI=1S/C22H23N5O3S/c1-15-6-3-9-20(23-15)24-21(28)13-26(2)14-22(29)27-17(19-8-5-11-31-19)12-16(25-27)18-7-4-10-30-18/h3-11,17H,12-14H2,1-2H3,(H,23,24,28). The fourth-order valence-electron chi connectivity index (χ4n) is 3.43. The summed E-state index contributed by atoms with van der Waals surface area (Å²) in [5.41, 5.74) is 1.56. The molecule has 1 aliphatic rings. The first-order valence-corrected chi connectivity index (χ1v) is 10.8. The molecule has 0 spiro atoms. The summed E-state index contributed by atoms with van der Waals surface area (Å²) >= 11 is 1.59. The van der Waals surface area contributed by atoms with Gasteiger partial charge in [-0.25, -0.2) is 9.99 Å². The fraction of sp³-hybridized carbons (Fsp3) is 0.273. The van der Waals surface area contributed by atoms with E-state index < -0.39 is 0 Å². The molecular formula is C22H23N5O3S. The normalized spacial score (nSPS) is 15.9. The van der Waals surface area contributed by atoms with Crippen LogP contribution in [0.5, 0.6) is 0 Å². The molecule has 2 amide bonds. The van der Waals surface area contributed by atoms with Crippen molar-refractivity contribution in [3.05, 3.63) is 70.4 Å². The van der Waals surface area contributed by atoms with Gasteiger partial charge in [-0.15, -0.1) is 11.3 Å². The molecule has 0 saturated carbocycles. The average Bonchev–Trinajstić information content (AvgIpc) is 3.47. The molecule has 3 aromatic rings. The molecule has 160 valence electrons. The van der Waals surface area contributed by atoms with E-state index in [9.17, 15) is 9.59 Å². The zero-order valence-electron chi connectivity index (χ0n) is 17.3. The van der Waals surface area contributed by atoms with E-state index in [2.05, 4.69) is 15.4 Å². The molecule has 1 N–H and O–H groups in total. The number of carbonyl (C=O) groups is 2. The Morgan fingerprint density at radius 2 is 2.10 bits per heavy atom. The van der Waals surface area contributed by atoms with Crippen LogP contribution in [-0.4, -0.2) is 52.6 Å². The second-order valence-electron chi connectivity index (χ2n) is 7.38. The van der Waals surface area contributed by atoms with Crippen molar-refractivity contribution in [1.29, 1.82) is 0 Å². The maximum absolute atomic E-state index is 13.1. The number of hydrogen-bond donors (Lipinski definition) is 1. The fourth-order valence-corrected chi connectivity index (χ4v) is 4.25. The second kappa shape index (κ2) is 9.23. The van der Waals surface area contributed by atoms with Crippen LogP contribution in [0.25, 0.3) is 0 Å². The maximum Gasteiger partial charge on any atom is 0.257 e. The van der Waals surface area contributed by atoms with Gasteiger partial charge in [0.1, 0.15) is 17.3 Å². The summed E-state index contributed by atoms with van der Waals surface area (Å²) in [5, 5.41) is 10.8. The first-order chi connectivity index (χ1) is 15.0. The number of amides is 2. The Morgan fingerprint density at radius 1 is 1.23 bits per heavy atom. The van der Waals surface area contributed by atoms with Gasteiger partial charge in [-0.05, 0) is 49.7 Å². The molecule has 1 atom stereocenters. The van der Waals surface area contributed by atoms with Crippen LogP contribution < -0.4 is 5.32 Å². The second-order valence-corrected chi connectivity index (χ2v) is 8.36. The van der Waals surface area contributed by atoms with Gasteiger partial charge in [0.05, 0.1) is 25.4 Å². The van der Waals surface area contributed by atoms with Crippen molar-refractivity contribution in [2.45, 2.75) is 19.4 Å². The largest absolute Gasteiger partial charge is 0.463 e. The molecular weight excluding hydrogens is 414 g/mol. The van der Waals surface area contributed by atoms with E-state index in [1.807, 2.05) is 42.6 Å². The molecule has 3 aromatic heterocycles. The van der Waals surface area contributed by atoms with Crippen molar-refractivity contribution >= 4 is 34.7 Å². The Balaban J connectivity index is 1.41. The van der Waals surface area contributed by atoms with E-state index in [-0.39, 0.29) is 30.9 Å². The van der Waals surface area contributed by atoms with E-state index in [1.165, 1.54) is 5.01 Å². The SMILES string of the molecule is Cc1cccc(NC(=O)CN(C)CC(=O)N2N=C(c3ccco3)CC2c2cccs2)n1. The van der Waals surface area contributed by atoms with Crippen molar-refractivity contribution in [3.63, 3.8) is 0 Å². The smallest absolute Gasteiger partial charge is 0.257 e. The van der Waals surface area contributed by atoms with Gasteiger partial charge in [0.15, 0.2) is 0 Å². The van der Waals surface area contributed by atoms with Crippen molar-refractivity contribution in [1.82, 2.24) is 14.9 Å². The third-order valence-electron chi connectivity index (χ3n) is 4.82. The molecule has 0 fully saturated rings. The lowest BCUT2D eigenvalue weighted by atomic mass is 10.1. The number of hydrogen-bond acceptors (Lipinski definition) is 7. The van der Waals surface area contributed by atoms with Gasteiger partial charge in [0.2, 0.25) is 5.91 Å². The number of hydrazone groups is 1. The van der Waals surface area contributed by atoms with E-state index in [0.717, 1.165) is 16.3 Å². The van der Waals surface area contributed by atoms with Crippen LogP contribution in [0.3, 0.4) is 0 Å². The highest BCUT2D eigenvalue weighted by Gasteiger charge is 2.35. The predicted molar refractivity (Wildman–Crippen MR) is 119 cm³/mol. The van der Waals surface area contributed by atoms with Gasteiger partial charge in [-0.3, -0.25) is 14.5 Å². The highest BCUT2D eigenvalue weighted by atomic mass is 32.1. The lowest BCUT2D eigenvalue weighted by Gasteiger charge is -2.23. The minimum absolute atomic E-state index is 0.0610. The van der Waals surface area contributed by atoms with Gasteiger partial charge in [-0.2, -0.15) is 5.10 Å². The Hall–Kier alpha value is -3.30. The number of aryl methyl sites for hydroxylation is 1. The van der Waals surface area contributed by atoms with Crippen molar-refractivity contribution in [2.24, 2.45) is 5.10 Å². The van der Waals surface area contributed by atoms with E-state index >= 15 is 0 Å². The summed E-state index contributed by atoms with van der Waals surface area (Å²) in [6.45, 7) is 1.98. The van der Waals surface area contributed by atoms with E-state index in [1.54, 1.807) is 41.7 Å². The zero-order chi connectivity index (χ0) is 21.8. The number of aromatic nitrogens is 1. The van der Waals surface area contributed by atoms with E-state index in [0.29, 0.717) is 18.0 Å². The van der Waals surface area contributed by atoms with Crippen molar-refractivity contribution < 1.29 is 14.0 Å². The number of furan rings is 1.